The molecule has 0 aliphatic carbocycles. The van der Waals surface area contributed by atoms with Crippen molar-refractivity contribution in [3.8, 4) is 11.3 Å². The van der Waals surface area contributed by atoms with Crippen LogP contribution in [-0.4, -0.2) is 9.97 Å². The highest BCUT2D eigenvalue weighted by molar-refractivity contribution is 7.71. The fourth-order valence-electron chi connectivity index (χ4n) is 2.12. The predicted octanol–water partition coefficient (Wildman–Crippen LogP) is 4.97. The second-order valence-electron chi connectivity index (χ2n) is 6.19. The molecule has 1 N–H and O–H groups in total. The van der Waals surface area contributed by atoms with E-state index >= 15 is 0 Å². The molecule has 2 aromatic rings. The molecule has 0 amide bonds. The van der Waals surface area contributed by atoms with E-state index in [2.05, 4.69) is 61.9 Å². The van der Waals surface area contributed by atoms with E-state index < -0.39 is 0 Å². The van der Waals surface area contributed by atoms with Gasteiger partial charge in [-0.2, -0.15) is 0 Å². The Kier molecular flexibility index (Phi) is 4.09. The van der Waals surface area contributed by atoms with Gasteiger partial charge in [-0.15, -0.1) is 0 Å². The van der Waals surface area contributed by atoms with Gasteiger partial charge in [0.05, 0.1) is 5.69 Å². The van der Waals surface area contributed by atoms with E-state index in [-0.39, 0.29) is 5.41 Å². The summed E-state index contributed by atoms with van der Waals surface area (Å²) in [5.74, 6) is 0.935. The summed E-state index contributed by atoms with van der Waals surface area (Å²) in [7, 11) is 0. The lowest BCUT2D eigenvalue weighted by Crippen LogP contribution is -2.17. The molecule has 0 bridgehead atoms. The summed E-state index contributed by atoms with van der Waals surface area (Å²) < 4.78 is 0.686. The SMILES string of the molecule is CCc1cccc(-c2[nH]c(C(C)(C)C)nc(=S)c2C)c1. The van der Waals surface area contributed by atoms with Crippen LogP contribution in [0, 0.1) is 11.6 Å². The van der Waals surface area contributed by atoms with Gasteiger partial charge in [0.25, 0.3) is 0 Å². The van der Waals surface area contributed by atoms with Crippen LogP contribution in [0.3, 0.4) is 0 Å². The number of hydrogen-bond donors (Lipinski definition) is 1. The standard InChI is InChI=1S/C17H22N2S/c1-6-12-8-7-9-13(10-12)14-11(2)15(20)19-16(18-14)17(3,4)5/h7-10H,6H2,1-5H3,(H,18,19,20). The Morgan fingerprint density at radius 2 is 1.95 bits per heavy atom. The van der Waals surface area contributed by atoms with Crippen molar-refractivity contribution in [1.82, 2.24) is 9.97 Å². The topological polar surface area (TPSA) is 28.7 Å². The average Bonchev–Trinajstić information content (AvgIpc) is 2.40. The highest BCUT2D eigenvalue weighted by atomic mass is 32.1. The lowest BCUT2D eigenvalue weighted by Gasteiger charge is -2.20. The highest BCUT2D eigenvalue weighted by Gasteiger charge is 2.18. The Bertz CT molecular complexity index is 678. The minimum absolute atomic E-state index is 0.0433. The molecule has 1 aromatic heterocycles. The van der Waals surface area contributed by atoms with Crippen LogP contribution in [-0.2, 0) is 11.8 Å². The van der Waals surface area contributed by atoms with Crippen LogP contribution in [0.4, 0.5) is 0 Å². The molecule has 0 saturated carbocycles. The van der Waals surface area contributed by atoms with Crippen molar-refractivity contribution >= 4 is 12.2 Å². The first kappa shape index (κ1) is 14.9. The van der Waals surface area contributed by atoms with Crippen molar-refractivity contribution < 1.29 is 0 Å². The molecule has 0 fully saturated rings. The third-order valence-electron chi connectivity index (χ3n) is 3.49. The Balaban J connectivity index is 2.66. The van der Waals surface area contributed by atoms with Crippen LogP contribution in [0.5, 0.6) is 0 Å². The van der Waals surface area contributed by atoms with Gasteiger partial charge in [0, 0.05) is 11.0 Å². The van der Waals surface area contributed by atoms with Crippen molar-refractivity contribution in [1.29, 1.82) is 0 Å². The van der Waals surface area contributed by atoms with E-state index in [1.165, 1.54) is 11.1 Å². The van der Waals surface area contributed by atoms with Crippen LogP contribution in [0.15, 0.2) is 24.3 Å². The molecule has 106 valence electrons. The van der Waals surface area contributed by atoms with Crippen LogP contribution in [0.25, 0.3) is 11.3 Å². The quantitative estimate of drug-likeness (QED) is 0.789. The number of nitrogens with zero attached hydrogens (tertiary/aromatic N) is 1. The molecule has 0 aliphatic heterocycles. The maximum Gasteiger partial charge on any atom is 0.133 e. The van der Waals surface area contributed by atoms with Gasteiger partial charge in [-0.3, -0.25) is 0 Å². The molecular weight excluding hydrogens is 264 g/mol. The summed E-state index contributed by atoms with van der Waals surface area (Å²) in [5.41, 5.74) is 4.60. The smallest absolute Gasteiger partial charge is 0.133 e. The molecule has 0 saturated heterocycles. The number of benzene rings is 1. The van der Waals surface area contributed by atoms with Crippen molar-refractivity contribution in [2.45, 2.75) is 46.5 Å². The van der Waals surface area contributed by atoms with E-state index in [9.17, 15) is 0 Å². The first-order valence-corrected chi connectivity index (χ1v) is 7.44. The number of aromatic amines is 1. The zero-order valence-corrected chi connectivity index (χ0v) is 13.7. The molecule has 0 spiro atoms. The van der Waals surface area contributed by atoms with Gasteiger partial charge in [0.2, 0.25) is 0 Å². The third-order valence-corrected chi connectivity index (χ3v) is 3.88. The van der Waals surface area contributed by atoms with Gasteiger partial charge in [-0.05, 0) is 30.5 Å². The van der Waals surface area contributed by atoms with Crippen LogP contribution < -0.4 is 0 Å². The van der Waals surface area contributed by atoms with Gasteiger partial charge < -0.3 is 4.98 Å². The largest absolute Gasteiger partial charge is 0.342 e. The van der Waals surface area contributed by atoms with Gasteiger partial charge in [0.15, 0.2) is 0 Å². The van der Waals surface area contributed by atoms with Gasteiger partial charge in [-0.1, -0.05) is 58.1 Å². The number of nitrogens with one attached hydrogen (secondary N) is 1. The normalized spacial score (nSPS) is 11.7. The highest BCUT2D eigenvalue weighted by Crippen LogP contribution is 2.26. The van der Waals surface area contributed by atoms with Crippen molar-refractivity contribution in [3.05, 3.63) is 45.9 Å². The monoisotopic (exact) mass is 286 g/mol. The summed E-state index contributed by atoms with van der Waals surface area (Å²) in [6.07, 6.45) is 1.03. The van der Waals surface area contributed by atoms with Crippen molar-refractivity contribution in [2.24, 2.45) is 0 Å². The average molecular weight is 286 g/mol. The van der Waals surface area contributed by atoms with E-state index in [4.69, 9.17) is 12.2 Å². The molecule has 0 radical (unpaired) electrons. The predicted molar refractivity (Wildman–Crippen MR) is 87.7 cm³/mol. The molecule has 2 nitrogen and oxygen atoms in total. The molecule has 0 aliphatic rings. The molecule has 0 atom stereocenters. The van der Waals surface area contributed by atoms with Crippen LogP contribution >= 0.6 is 12.2 Å². The maximum absolute atomic E-state index is 5.43. The molecule has 2 rings (SSSR count). The second-order valence-corrected chi connectivity index (χ2v) is 6.58. The van der Waals surface area contributed by atoms with E-state index in [0.717, 1.165) is 23.5 Å². The summed E-state index contributed by atoms with van der Waals surface area (Å²) >= 11 is 5.43. The Labute approximate surface area is 126 Å². The zero-order chi connectivity index (χ0) is 14.9. The molecule has 1 aromatic carbocycles. The lowest BCUT2D eigenvalue weighted by atomic mass is 9.95. The first-order chi connectivity index (χ1) is 9.32. The zero-order valence-electron chi connectivity index (χ0n) is 12.9. The summed E-state index contributed by atoms with van der Waals surface area (Å²) in [4.78, 5) is 8.02. The fourth-order valence-corrected chi connectivity index (χ4v) is 2.32. The van der Waals surface area contributed by atoms with Crippen molar-refractivity contribution in [2.75, 3.05) is 0 Å². The Morgan fingerprint density at radius 3 is 2.55 bits per heavy atom. The first-order valence-electron chi connectivity index (χ1n) is 7.03. The summed E-state index contributed by atoms with van der Waals surface area (Å²) in [6, 6.07) is 8.60. The van der Waals surface area contributed by atoms with Gasteiger partial charge in [0.1, 0.15) is 10.5 Å². The van der Waals surface area contributed by atoms with E-state index in [0.29, 0.717) is 4.64 Å². The molecule has 1 heterocycles. The number of rotatable bonds is 2. The molecular formula is C17H22N2S. The number of aryl methyl sites for hydroxylation is 1. The third kappa shape index (κ3) is 2.98. The Morgan fingerprint density at radius 1 is 1.25 bits per heavy atom. The van der Waals surface area contributed by atoms with Crippen LogP contribution in [0.1, 0.15) is 44.6 Å². The fraction of sp³-hybridized carbons (Fsp3) is 0.412. The maximum atomic E-state index is 5.43. The summed E-state index contributed by atoms with van der Waals surface area (Å²) in [6.45, 7) is 10.6. The van der Waals surface area contributed by atoms with Crippen LogP contribution in [0.2, 0.25) is 0 Å². The van der Waals surface area contributed by atoms with E-state index in [1.54, 1.807) is 0 Å². The molecule has 3 heteroatoms. The minimum atomic E-state index is -0.0433. The summed E-state index contributed by atoms with van der Waals surface area (Å²) in [5, 5.41) is 0. The second kappa shape index (κ2) is 5.49. The molecule has 20 heavy (non-hydrogen) atoms. The molecule has 0 unspecified atom stereocenters. The number of hydrogen-bond acceptors (Lipinski definition) is 2. The number of H-pyrrole nitrogens is 1. The van der Waals surface area contributed by atoms with Crippen molar-refractivity contribution in [3.63, 3.8) is 0 Å². The Hall–Kier alpha value is -1.48. The lowest BCUT2D eigenvalue weighted by molar-refractivity contribution is 0.544. The number of aromatic nitrogens is 2. The van der Waals surface area contributed by atoms with E-state index in [1.807, 2.05) is 6.92 Å². The van der Waals surface area contributed by atoms with Gasteiger partial charge in [-0.25, -0.2) is 4.98 Å². The minimum Gasteiger partial charge on any atom is -0.342 e. The van der Waals surface area contributed by atoms with Gasteiger partial charge >= 0.3 is 0 Å².